The lowest BCUT2D eigenvalue weighted by molar-refractivity contribution is 0.730. The summed E-state index contributed by atoms with van der Waals surface area (Å²) in [4.78, 5) is 0. The van der Waals surface area contributed by atoms with Crippen molar-refractivity contribution in [2.24, 2.45) is 0 Å². The van der Waals surface area contributed by atoms with E-state index in [1.165, 1.54) is 0 Å². The Morgan fingerprint density at radius 3 is 3.00 bits per heavy atom. The van der Waals surface area contributed by atoms with Crippen molar-refractivity contribution in [2.45, 2.75) is 25.6 Å². The summed E-state index contributed by atoms with van der Waals surface area (Å²) in [6.07, 6.45) is 5.22. The number of allylic oxidation sites excluding steroid dienone is 2. The van der Waals surface area contributed by atoms with Gasteiger partial charge in [-0.15, -0.1) is 0 Å². The normalized spacial score (nSPS) is 50.7. The smallest absolute Gasteiger partial charge is 0.0310 e. The van der Waals surface area contributed by atoms with E-state index in [2.05, 4.69) is 0 Å². The van der Waals surface area contributed by atoms with Crippen molar-refractivity contribution in [3.05, 3.63) is 12.2 Å². The van der Waals surface area contributed by atoms with Crippen LogP contribution in [0.15, 0.2) is 12.2 Å². The molecule has 0 radical (unpaired) electrons. The second-order valence-electron chi connectivity index (χ2n) is 1.43. The zero-order chi connectivity index (χ0) is 5.98. The fourth-order valence-corrected chi connectivity index (χ4v) is 0.542. The minimum absolute atomic E-state index is 0.167. The lowest BCUT2D eigenvalue weighted by Crippen LogP contribution is -1.77. The molecule has 1 rings (SSSR count). The van der Waals surface area contributed by atoms with Crippen LogP contribution in [0.3, 0.4) is 0 Å². The summed E-state index contributed by atoms with van der Waals surface area (Å²) in [7, 11) is 0. The Morgan fingerprint density at radius 1 is 1.50 bits per heavy atom. The maximum Gasteiger partial charge on any atom is 0.0310 e. The first-order valence-electron chi connectivity index (χ1n) is 3.47. The van der Waals surface area contributed by atoms with Crippen LogP contribution in [0.2, 0.25) is 0 Å². The van der Waals surface area contributed by atoms with Crippen LogP contribution in [0.25, 0.3) is 0 Å². The van der Waals surface area contributed by atoms with Crippen molar-refractivity contribution in [1.82, 2.24) is 0 Å². The number of hydrogen-bond acceptors (Lipinski definition) is 0. The Bertz CT molecular complexity index is 98.7. The first kappa shape index (κ1) is 2.15. The van der Waals surface area contributed by atoms with E-state index in [-0.39, 0.29) is 12.8 Å². The summed E-state index contributed by atoms with van der Waals surface area (Å²) >= 11 is 0. The van der Waals surface area contributed by atoms with Crippen molar-refractivity contribution in [3.63, 3.8) is 0 Å². The van der Waals surface area contributed by atoms with E-state index in [4.69, 9.17) is 2.74 Å². The first-order valence-corrected chi connectivity index (χ1v) is 2.32. The molecule has 0 saturated heterocycles. The highest BCUT2D eigenvalue weighted by molar-refractivity contribution is 4.85. The molecule has 1 aliphatic rings. The van der Waals surface area contributed by atoms with Gasteiger partial charge in [0.25, 0.3) is 0 Å². The molecule has 6 heavy (non-hydrogen) atoms. The first-order chi connectivity index (χ1) is 3.80. The molecule has 0 bridgehead atoms. The summed E-state index contributed by atoms with van der Waals surface area (Å²) in [5, 5.41) is 0. The molecule has 0 aliphatic heterocycles. The molecule has 0 heterocycles. The van der Waals surface area contributed by atoms with E-state index in [1.807, 2.05) is 6.08 Å². The van der Waals surface area contributed by atoms with Crippen LogP contribution in [0.5, 0.6) is 0 Å². The van der Waals surface area contributed by atoms with Crippen molar-refractivity contribution < 1.29 is 2.74 Å². The minimum Gasteiger partial charge on any atom is -0.0885 e. The van der Waals surface area contributed by atoms with Gasteiger partial charge in [0, 0.05) is 2.74 Å². The molecule has 0 aromatic heterocycles. The van der Waals surface area contributed by atoms with Gasteiger partial charge < -0.3 is 0 Å². The van der Waals surface area contributed by atoms with Crippen molar-refractivity contribution >= 4 is 0 Å². The Labute approximate surface area is 41.7 Å². The maximum absolute atomic E-state index is 7.24. The van der Waals surface area contributed by atoms with E-state index in [9.17, 15) is 0 Å². The van der Waals surface area contributed by atoms with Gasteiger partial charge in [-0.25, -0.2) is 0 Å². The van der Waals surface area contributed by atoms with Crippen molar-refractivity contribution in [3.8, 4) is 0 Å². The average Bonchev–Trinajstić information content (AvgIpc) is 1.77. The van der Waals surface area contributed by atoms with Gasteiger partial charge in [-0.2, -0.15) is 0 Å². The molecule has 34 valence electrons. The molecule has 0 aromatic rings. The Hall–Kier alpha value is -0.260. The van der Waals surface area contributed by atoms with E-state index in [0.717, 1.165) is 12.8 Å². The molecule has 0 aromatic carbocycles. The van der Waals surface area contributed by atoms with Gasteiger partial charge in [-0.05, 0) is 25.6 Å². The monoisotopic (exact) mass is 84.1 g/mol. The van der Waals surface area contributed by atoms with E-state index >= 15 is 0 Å². The van der Waals surface area contributed by atoms with E-state index in [0.29, 0.717) is 0 Å². The highest BCUT2D eigenvalue weighted by atomic mass is 13.9. The molecule has 2 atom stereocenters. The van der Waals surface area contributed by atoms with Gasteiger partial charge in [0.2, 0.25) is 0 Å². The lowest BCUT2D eigenvalue weighted by atomic mass is 10.1. The van der Waals surface area contributed by atoms with Gasteiger partial charge in [0.1, 0.15) is 0 Å². The third-order valence-corrected chi connectivity index (χ3v) is 0.883. The van der Waals surface area contributed by atoms with E-state index < -0.39 is 0 Å². The maximum atomic E-state index is 7.24. The van der Waals surface area contributed by atoms with Gasteiger partial charge in [0.05, 0.1) is 0 Å². The highest BCUT2D eigenvalue weighted by Gasteiger charge is 1.87. The van der Waals surface area contributed by atoms with Crippen LogP contribution >= 0.6 is 0 Å². The minimum atomic E-state index is -0.260. The predicted octanol–water partition coefficient (Wildman–Crippen LogP) is 2.12. The molecular formula is C6H10. The third-order valence-electron chi connectivity index (χ3n) is 0.883. The van der Waals surface area contributed by atoms with Gasteiger partial charge in [-0.3, -0.25) is 0 Å². The van der Waals surface area contributed by atoms with Crippen molar-refractivity contribution in [1.29, 1.82) is 0 Å². The van der Waals surface area contributed by atoms with Gasteiger partial charge in [0.15, 0.2) is 0 Å². The molecule has 0 spiro atoms. The summed E-state index contributed by atoms with van der Waals surface area (Å²) in [5.74, 6) is 0. The lowest BCUT2D eigenvalue weighted by Gasteiger charge is -1.97. The van der Waals surface area contributed by atoms with Crippen LogP contribution in [-0.4, -0.2) is 0 Å². The summed E-state index contributed by atoms with van der Waals surface area (Å²) in [6, 6.07) is 0. The molecule has 0 heteroatoms. The van der Waals surface area contributed by atoms with Crippen LogP contribution in [0.4, 0.5) is 0 Å². The zero-order valence-corrected chi connectivity index (χ0v) is 3.72. The number of rotatable bonds is 0. The summed E-state index contributed by atoms with van der Waals surface area (Å²) in [5.41, 5.74) is 0. The van der Waals surface area contributed by atoms with Crippen LogP contribution in [0.1, 0.15) is 28.4 Å². The SMILES string of the molecule is [2H][C@@H]1CCC=C[C@@H]1[2H]. The Kier molecular flexibility index (Phi) is 0.722. The zero-order valence-electron chi connectivity index (χ0n) is 5.72. The van der Waals surface area contributed by atoms with Crippen LogP contribution in [-0.2, 0) is 0 Å². The van der Waals surface area contributed by atoms with Crippen LogP contribution < -0.4 is 0 Å². The highest BCUT2D eigenvalue weighted by Crippen LogP contribution is 2.07. The Morgan fingerprint density at radius 2 is 2.50 bits per heavy atom. The molecule has 0 saturated carbocycles. The summed E-state index contributed by atoms with van der Waals surface area (Å²) < 4.78 is 14.4. The molecule has 0 unspecified atom stereocenters. The van der Waals surface area contributed by atoms with Crippen molar-refractivity contribution in [2.75, 3.05) is 0 Å². The average molecular weight is 84.2 g/mol. The molecule has 1 aliphatic carbocycles. The topological polar surface area (TPSA) is 0 Å². The fraction of sp³-hybridized carbons (Fsp3) is 0.667. The van der Waals surface area contributed by atoms with E-state index in [1.54, 1.807) is 6.08 Å². The largest absolute Gasteiger partial charge is 0.0885 e. The number of hydrogen-bond donors (Lipinski definition) is 0. The molecule has 0 fully saturated rings. The molecular weight excluding hydrogens is 72.1 g/mol. The second kappa shape index (κ2) is 2.01. The molecule has 0 amide bonds. The predicted molar refractivity (Wildman–Crippen MR) is 27.6 cm³/mol. The molecule has 0 N–H and O–H groups in total. The quantitative estimate of drug-likeness (QED) is 0.394. The van der Waals surface area contributed by atoms with Crippen LogP contribution in [0, 0.1) is 0 Å². The standard InChI is InChI=1S/C6H10/c1-2-4-6-5-3-1/h1-2H,3-6H2/i3D,5D/t3-,5-/m0/s1. The second-order valence-corrected chi connectivity index (χ2v) is 1.43. The van der Waals surface area contributed by atoms with Gasteiger partial charge in [-0.1, -0.05) is 12.2 Å². The summed E-state index contributed by atoms with van der Waals surface area (Å²) in [6.45, 7) is 0. The Balaban J connectivity index is 2.47. The van der Waals surface area contributed by atoms with Gasteiger partial charge >= 0.3 is 0 Å². The molecule has 0 nitrogen and oxygen atoms in total. The third kappa shape index (κ3) is 0.852. The fourth-order valence-electron chi connectivity index (χ4n) is 0.542.